The standard InChI is InChI=1S/C15H11ClFNO2S/c1-20-15(19)13-7-9-5-6-21-14(9)18(13)8-10-11(16)3-2-4-12(10)17/h2-7H,8H2,1H3. The van der Waals surface area contributed by atoms with Crippen molar-refractivity contribution in [2.75, 3.05) is 7.11 Å². The second-order valence-corrected chi connectivity index (χ2v) is 5.79. The molecule has 0 aliphatic heterocycles. The molecule has 21 heavy (non-hydrogen) atoms. The Morgan fingerprint density at radius 3 is 2.95 bits per heavy atom. The molecule has 3 nitrogen and oxygen atoms in total. The number of esters is 1. The number of halogens is 2. The summed E-state index contributed by atoms with van der Waals surface area (Å²) in [4.78, 5) is 12.8. The summed E-state index contributed by atoms with van der Waals surface area (Å²) < 4.78 is 20.5. The van der Waals surface area contributed by atoms with Gasteiger partial charge in [-0.15, -0.1) is 11.3 Å². The van der Waals surface area contributed by atoms with Crippen molar-refractivity contribution in [2.45, 2.75) is 6.54 Å². The van der Waals surface area contributed by atoms with Gasteiger partial charge in [0.05, 0.1) is 13.7 Å². The molecule has 108 valence electrons. The van der Waals surface area contributed by atoms with E-state index in [0.717, 1.165) is 10.2 Å². The first-order valence-corrected chi connectivity index (χ1v) is 7.45. The highest BCUT2D eigenvalue weighted by Crippen LogP contribution is 2.29. The zero-order valence-corrected chi connectivity index (χ0v) is 12.7. The summed E-state index contributed by atoms with van der Waals surface area (Å²) >= 11 is 7.55. The predicted molar refractivity (Wildman–Crippen MR) is 81.7 cm³/mol. The Bertz CT molecular complexity index is 804. The fourth-order valence-electron chi connectivity index (χ4n) is 2.25. The van der Waals surface area contributed by atoms with Crippen LogP contribution in [-0.2, 0) is 11.3 Å². The number of aromatic nitrogens is 1. The molecule has 0 saturated carbocycles. The van der Waals surface area contributed by atoms with Gasteiger partial charge in [0.1, 0.15) is 16.3 Å². The third-order valence-corrected chi connectivity index (χ3v) is 4.58. The van der Waals surface area contributed by atoms with Crippen molar-refractivity contribution >= 4 is 39.1 Å². The Morgan fingerprint density at radius 1 is 1.43 bits per heavy atom. The number of thiophene rings is 1. The molecule has 2 aromatic heterocycles. The van der Waals surface area contributed by atoms with Crippen LogP contribution in [0.3, 0.4) is 0 Å². The van der Waals surface area contributed by atoms with Gasteiger partial charge in [-0.3, -0.25) is 0 Å². The van der Waals surface area contributed by atoms with Crippen molar-refractivity contribution in [3.8, 4) is 0 Å². The number of methoxy groups -OCH3 is 1. The van der Waals surface area contributed by atoms with Crippen LogP contribution >= 0.6 is 22.9 Å². The number of ether oxygens (including phenoxy) is 1. The van der Waals surface area contributed by atoms with Crippen LogP contribution in [-0.4, -0.2) is 17.6 Å². The number of hydrogen-bond donors (Lipinski definition) is 0. The summed E-state index contributed by atoms with van der Waals surface area (Å²) in [5.41, 5.74) is 0.744. The van der Waals surface area contributed by atoms with Gasteiger partial charge in [0.2, 0.25) is 0 Å². The number of fused-ring (bicyclic) bond motifs is 1. The fraction of sp³-hybridized carbons (Fsp3) is 0.133. The summed E-state index contributed by atoms with van der Waals surface area (Å²) in [7, 11) is 1.32. The van der Waals surface area contributed by atoms with E-state index < -0.39 is 11.8 Å². The summed E-state index contributed by atoms with van der Waals surface area (Å²) in [6, 6.07) is 8.19. The van der Waals surface area contributed by atoms with E-state index in [2.05, 4.69) is 0 Å². The molecule has 0 fully saturated rings. The molecule has 0 radical (unpaired) electrons. The SMILES string of the molecule is COC(=O)c1cc2ccsc2n1Cc1c(F)cccc1Cl. The van der Waals surface area contributed by atoms with Gasteiger partial charge in [0.25, 0.3) is 0 Å². The van der Waals surface area contributed by atoms with Crippen LogP contribution < -0.4 is 0 Å². The maximum Gasteiger partial charge on any atom is 0.354 e. The molecule has 0 saturated heterocycles. The highest BCUT2D eigenvalue weighted by molar-refractivity contribution is 7.16. The van der Waals surface area contributed by atoms with Gasteiger partial charge in [-0.25, -0.2) is 9.18 Å². The number of hydrogen-bond acceptors (Lipinski definition) is 3. The lowest BCUT2D eigenvalue weighted by atomic mass is 10.2. The number of rotatable bonds is 3. The van der Waals surface area contributed by atoms with E-state index in [1.54, 1.807) is 22.8 Å². The zero-order valence-electron chi connectivity index (χ0n) is 11.1. The van der Waals surface area contributed by atoms with Gasteiger partial charge in [0.15, 0.2) is 0 Å². The minimum Gasteiger partial charge on any atom is -0.464 e. The highest BCUT2D eigenvalue weighted by atomic mass is 35.5. The lowest BCUT2D eigenvalue weighted by molar-refractivity contribution is 0.0589. The summed E-state index contributed by atoms with van der Waals surface area (Å²) in [6.45, 7) is 0.181. The first kappa shape index (κ1) is 14.1. The summed E-state index contributed by atoms with van der Waals surface area (Å²) in [5.74, 6) is -0.845. The molecular weight excluding hydrogens is 313 g/mol. The van der Waals surface area contributed by atoms with Crippen LogP contribution in [0.1, 0.15) is 16.1 Å². The van der Waals surface area contributed by atoms with E-state index in [0.29, 0.717) is 16.3 Å². The van der Waals surface area contributed by atoms with Crippen molar-refractivity contribution in [1.82, 2.24) is 4.57 Å². The molecule has 0 spiro atoms. The normalized spacial score (nSPS) is 11.0. The van der Waals surface area contributed by atoms with Crippen LogP contribution in [0.4, 0.5) is 4.39 Å². The van der Waals surface area contributed by atoms with Gasteiger partial charge in [-0.2, -0.15) is 0 Å². The Morgan fingerprint density at radius 2 is 2.24 bits per heavy atom. The molecule has 0 bridgehead atoms. The van der Waals surface area contributed by atoms with E-state index >= 15 is 0 Å². The van der Waals surface area contributed by atoms with E-state index in [1.807, 2.05) is 11.4 Å². The molecule has 0 amide bonds. The monoisotopic (exact) mass is 323 g/mol. The van der Waals surface area contributed by atoms with Gasteiger partial charge in [0, 0.05) is 16.0 Å². The Balaban J connectivity index is 2.15. The van der Waals surface area contributed by atoms with Gasteiger partial charge >= 0.3 is 5.97 Å². The smallest absolute Gasteiger partial charge is 0.354 e. The van der Waals surface area contributed by atoms with Crippen LogP contribution in [0.25, 0.3) is 10.2 Å². The molecule has 0 aliphatic rings. The quantitative estimate of drug-likeness (QED) is 0.672. The summed E-state index contributed by atoms with van der Waals surface area (Å²) in [6.07, 6.45) is 0. The minimum atomic E-state index is -0.453. The van der Waals surface area contributed by atoms with Gasteiger partial charge in [-0.1, -0.05) is 17.7 Å². The second kappa shape index (κ2) is 5.50. The van der Waals surface area contributed by atoms with Crippen molar-refractivity contribution in [1.29, 1.82) is 0 Å². The Hall–Kier alpha value is -1.85. The second-order valence-electron chi connectivity index (χ2n) is 4.49. The largest absolute Gasteiger partial charge is 0.464 e. The molecular formula is C15H11ClFNO2S. The first-order valence-electron chi connectivity index (χ1n) is 6.19. The summed E-state index contributed by atoms with van der Waals surface area (Å²) in [5, 5.41) is 3.18. The van der Waals surface area contributed by atoms with Crippen molar-refractivity contribution in [3.63, 3.8) is 0 Å². The lowest BCUT2D eigenvalue weighted by Crippen LogP contribution is -2.12. The van der Waals surface area contributed by atoms with E-state index in [4.69, 9.17) is 16.3 Å². The molecule has 1 aromatic carbocycles. The first-order chi connectivity index (χ1) is 10.1. The molecule has 3 rings (SSSR count). The maximum atomic E-state index is 14.0. The number of nitrogens with zero attached hydrogens (tertiary/aromatic N) is 1. The molecule has 0 atom stereocenters. The Labute approximate surface area is 129 Å². The topological polar surface area (TPSA) is 31.2 Å². The zero-order chi connectivity index (χ0) is 15.0. The minimum absolute atomic E-state index is 0.181. The van der Waals surface area contributed by atoms with Crippen LogP contribution in [0.5, 0.6) is 0 Å². The van der Waals surface area contributed by atoms with Gasteiger partial charge in [-0.05, 0) is 29.6 Å². The molecule has 0 aliphatic carbocycles. The number of carbonyl (C=O) groups is 1. The van der Waals surface area contributed by atoms with Crippen LogP contribution in [0.2, 0.25) is 5.02 Å². The van der Waals surface area contributed by atoms with Crippen LogP contribution in [0, 0.1) is 5.82 Å². The molecule has 0 unspecified atom stereocenters. The van der Waals surface area contributed by atoms with E-state index in [9.17, 15) is 9.18 Å². The van der Waals surface area contributed by atoms with Crippen molar-refractivity contribution in [2.24, 2.45) is 0 Å². The fourth-order valence-corrected chi connectivity index (χ4v) is 3.37. The molecule has 3 aromatic rings. The van der Waals surface area contributed by atoms with Gasteiger partial charge < -0.3 is 9.30 Å². The lowest BCUT2D eigenvalue weighted by Gasteiger charge is -2.11. The maximum absolute atomic E-state index is 14.0. The average Bonchev–Trinajstić information content (AvgIpc) is 3.04. The third-order valence-electron chi connectivity index (χ3n) is 3.27. The van der Waals surface area contributed by atoms with Crippen molar-refractivity contribution in [3.05, 3.63) is 57.8 Å². The Kier molecular flexibility index (Phi) is 3.69. The number of carbonyl (C=O) groups excluding carboxylic acids is 1. The molecule has 6 heteroatoms. The average molecular weight is 324 g/mol. The van der Waals surface area contributed by atoms with Crippen LogP contribution in [0.15, 0.2) is 35.7 Å². The predicted octanol–water partition coefficient (Wildman–Crippen LogP) is 4.33. The van der Waals surface area contributed by atoms with Crippen molar-refractivity contribution < 1.29 is 13.9 Å². The third kappa shape index (κ3) is 2.43. The molecule has 2 heterocycles. The highest BCUT2D eigenvalue weighted by Gasteiger charge is 2.19. The van der Waals surface area contributed by atoms with E-state index in [-0.39, 0.29) is 6.54 Å². The van der Waals surface area contributed by atoms with E-state index in [1.165, 1.54) is 24.5 Å². The number of benzene rings is 1. The molecule has 0 N–H and O–H groups in total.